The molecule has 0 atom stereocenters. The first-order chi connectivity index (χ1) is 10.7. The molecule has 0 saturated heterocycles. The number of nitrogens with one attached hydrogen (secondary N) is 1. The molecule has 2 aromatic rings. The quantitative estimate of drug-likeness (QED) is 0.426. The molecule has 0 amide bonds. The van der Waals surface area contributed by atoms with E-state index in [1.807, 2.05) is 42.5 Å². The average molecular weight is 380 g/mol. The Labute approximate surface area is 143 Å². The molecule has 5 heteroatoms. The zero-order valence-corrected chi connectivity index (χ0v) is 14.3. The van der Waals surface area contributed by atoms with Crippen molar-refractivity contribution in [2.24, 2.45) is 5.10 Å². The van der Waals surface area contributed by atoms with Crippen LogP contribution >= 0.6 is 27.5 Å². The van der Waals surface area contributed by atoms with E-state index in [-0.39, 0.29) is 0 Å². The molecular weight excluding hydrogens is 364 g/mol. The molecule has 0 aliphatic carbocycles. The maximum Gasteiger partial charge on any atom is 0.128 e. The summed E-state index contributed by atoms with van der Waals surface area (Å²) in [6, 6.07) is 13.4. The summed E-state index contributed by atoms with van der Waals surface area (Å²) in [6.07, 6.45) is 3.45. The van der Waals surface area contributed by atoms with Gasteiger partial charge in [0.05, 0.1) is 12.8 Å². The molecule has 0 aliphatic heterocycles. The van der Waals surface area contributed by atoms with Crippen LogP contribution in [0.2, 0.25) is 5.02 Å². The Morgan fingerprint density at radius 1 is 1.23 bits per heavy atom. The maximum absolute atomic E-state index is 5.85. The Morgan fingerprint density at radius 2 is 2.00 bits per heavy atom. The number of hydrogen-bond acceptors (Lipinski definition) is 3. The topological polar surface area (TPSA) is 33.6 Å². The number of benzene rings is 2. The average Bonchev–Trinajstić information content (AvgIpc) is 2.52. The zero-order valence-electron chi connectivity index (χ0n) is 11.9. The van der Waals surface area contributed by atoms with Gasteiger partial charge in [-0.1, -0.05) is 52.3 Å². The molecule has 2 rings (SSSR count). The van der Waals surface area contributed by atoms with Crippen molar-refractivity contribution in [1.29, 1.82) is 0 Å². The number of rotatable bonds is 7. The minimum Gasteiger partial charge on any atom is -0.489 e. The molecule has 1 N–H and O–H groups in total. The lowest BCUT2D eigenvalue weighted by molar-refractivity contribution is 0.362. The summed E-state index contributed by atoms with van der Waals surface area (Å²) in [5.41, 5.74) is 5.01. The van der Waals surface area contributed by atoms with Crippen LogP contribution in [0.15, 0.2) is 64.7 Å². The van der Waals surface area contributed by atoms with Crippen molar-refractivity contribution in [3.8, 4) is 5.75 Å². The highest BCUT2D eigenvalue weighted by molar-refractivity contribution is 9.10. The minimum absolute atomic E-state index is 0.459. The number of hydrogen-bond donors (Lipinski definition) is 1. The number of hydrazone groups is 1. The number of halogens is 2. The third-order valence-electron chi connectivity index (χ3n) is 2.82. The second-order valence-corrected chi connectivity index (χ2v) is 5.85. The van der Waals surface area contributed by atoms with E-state index >= 15 is 0 Å². The van der Waals surface area contributed by atoms with Crippen LogP contribution in [0.5, 0.6) is 5.75 Å². The molecule has 0 aromatic heterocycles. The molecule has 2 aromatic carbocycles. The van der Waals surface area contributed by atoms with Crippen LogP contribution in [0.3, 0.4) is 0 Å². The van der Waals surface area contributed by atoms with E-state index in [0.29, 0.717) is 13.2 Å². The first kappa shape index (κ1) is 16.6. The Bertz CT molecular complexity index is 656. The predicted octanol–water partition coefficient (Wildman–Crippen LogP) is 4.79. The van der Waals surface area contributed by atoms with Crippen molar-refractivity contribution in [3.05, 3.63) is 75.7 Å². The molecule has 0 spiro atoms. The standard InChI is InChI=1S/C17H16BrClN2O/c1-2-9-22-17-8-5-15(18)10-14(17)12-21-20-11-13-3-6-16(19)7-4-13/h2-8,10,12,20H,1,9,11H2/b21-12-. The van der Waals surface area contributed by atoms with Crippen molar-refractivity contribution in [2.45, 2.75) is 6.54 Å². The highest BCUT2D eigenvalue weighted by atomic mass is 79.9. The van der Waals surface area contributed by atoms with E-state index < -0.39 is 0 Å². The van der Waals surface area contributed by atoms with Crippen molar-refractivity contribution < 1.29 is 4.74 Å². The molecule has 0 heterocycles. The van der Waals surface area contributed by atoms with Crippen LogP contribution in [-0.2, 0) is 6.54 Å². The molecule has 3 nitrogen and oxygen atoms in total. The Morgan fingerprint density at radius 3 is 2.73 bits per heavy atom. The summed E-state index contributed by atoms with van der Waals surface area (Å²) in [5, 5.41) is 4.96. The van der Waals surface area contributed by atoms with Gasteiger partial charge in [0.25, 0.3) is 0 Å². The highest BCUT2D eigenvalue weighted by Gasteiger charge is 2.02. The maximum atomic E-state index is 5.85. The Hall–Kier alpha value is -1.78. The lowest BCUT2D eigenvalue weighted by Gasteiger charge is -2.07. The van der Waals surface area contributed by atoms with Gasteiger partial charge in [-0.3, -0.25) is 0 Å². The van der Waals surface area contributed by atoms with Gasteiger partial charge in [0, 0.05) is 15.1 Å². The largest absolute Gasteiger partial charge is 0.489 e. The SMILES string of the molecule is C=CCOc1ccc(Br)cc1/C=N\NCc1ccc(Cl)cc1. The summed E-state index contributed by atoms with van der Waals surface area (Å²) in [6.45, 7) is 4.74. The lowest BCUT2D eigenvalue weighted by Crippen LogP contribution is -2.06. The fourth-order valence-electron chi connectivity index (χ4n) is 1.75. The third-order valence-corrected chi connectivity index (χ3v) is 3.57. The third kappa shape index (κ3) is 5.20. The molecule has 0 fully saturated rings. The van der Waals surface area contributed by atoms with Gasteiger partial charge in [-0.15, -0.1) is 0 Å². The zero-order chi connectivity index (χ0) is 15.8. The molecular formula is C17H16BrClN2O. The molecule has 0 aliphatic rings. The smallest absolute Gasteiger partial charge is 0.128 e. The summed E-state index contributed by atoms with van der Waals surface area (Å²) in [4.78, 5) is 0. The van der Waals surface area contributed by atoms with Gasteiger partial charge in [-0.05, 0) is 35.9 Å². The van der Waals surface area contributed by atoms with Crippen LogP contribution in [0.25, 0.3) is 0 Å². The van der Waals surface area contributed by atoms with Crippen molar-refractivity contribution >= 4 is 33.7 Å². The van der Waals surface area contributed by atoms with Gasteiger partial charge in [-0.25, -0.2) is 0 Å². The van der Waals surface area contributed by atoms with Crippen molar-refractivity contribution in [3.63, 3.8) is 0 Å². The van der Waals surface area contributed by atoms with E-state index in [9.17, 15) is 0 Å². The lowest BCUT2D eigenvalue weighted by atomic mass is 10.2. The fraction of sp³-hybridized carbons (Fsp3) is 0.118. The van der Waals surface area contributed by atoms with Gasteiger partial charge >= 0.3 is 0 Å². The monoisotopic (exact) mass is 378 g/mol. The summed E-state index contributed by atoms with van der Waals surface area (Å²) in [7, 11) is 0. The molecule has 22 heavy (non-hydrogen) atoms. The van der Waals surface area contributed by atoms with E-state index in [1.165, 1.54) is 0 Å². The van der Waals surface area contributed by atoms with Crippen LogP contribution in [0, 0.1) is 0 Å². The first-order valence-electron chi connectivity index (χ1n) is 6.72. The van der Waals surface area contributed by atoms with E-state index in [2.05, 4.69) is 33.0 Å². The summed E-state index contributed by atoms with van der Waals surface area (Å²) in [5.74, 6) is 0.764. The van der Waals surface area contributed by atoms with Crippen LogP contribution in [0.1, 0.15) is 11.1 Å². The summed E-state index contributed by atoms with van der Waals surface area (Å²) < 4.78 is 6.57. The fourth-order valence-corrected chi connectivity index (χ4v) is 2.26. The predicted molar refractivity (Wildman–Crippen MR) is 95.7 cm³/mol. The van der Waals surface area contributed by atoms with Gasteiger partial charge in [0.1, 0.15) is 12.4 Å². The minimum atomic E-state index is 0.459. The Balaban J connectivity index is 1.98. The van der Waals surface area contributed by atoms with Gasteiger partial charge in [0.2, 0.25) is 0 Å². The van der Waals surface area contributed by atoms with Crippen molar-refractivity contribution in [2.75, 3.05) is 6.61 Å². The Kier molecular flexibility index (Phi) is 6.49. The molecule has 0 saturated carbocycles. The van der Waals surface area contributed by atoms with Crippen molar-refractivity contribution in [1.82, 2.24) is 5.43 Å². The van der Waals surface area contributed by atoms with Crippen LogP contribution in [-0.4, -0.2) is 12.8 Å². The van der Waals surface area contributed by atoms with Crippen LogP contribution < -0.4 is 10.2 Å². The van der Waals surface area contributed by atoms with E-state index in [4.69, 9.17) is 16.3 Å². The van der Waals surface area contributed by atoms with Crippen LogP contribution in [0.4, 0.5) is 0 Å². The first-order valence-corrected chi connectivity index (χ1v) is 7.90. The number of nitrogens with zero attached hydrogens (tertiary/aromatic N) is 1. The highest BCUT2D eigenvalue weighted by Crippen LogP contribution is 2.21. The van der Waals surface area contributed by atoms with E-state index in [0.717, 1.165) is 26.4 Å². The summed E-state index contributed by atoms with van der Waals surface area (Å²) >= 11 is 9.30. The van der Waals surface area contributed by atoms with Gasteiger partial charge in [0.15, 0.2) is 0 Å². The van der Waals surface area contributed by atoms with Gasteiger partial charge in [-0.2, -0.15) is 5.10 Å². The normalized spacial score (nSPS) is 10.6. The van der Waals surface area contributed by atoms with E-state index in [1.54, 1.807) is 12.3 Å². The second-order valence-electron chi connectivity index (χ2n) is 4.50. The molecule has 114 valence electrons. The molecule has 0 radical (unpaired) electrons. The number of ether oxygens (including phenoxy) is 1. The molecule has 0 bridgehead atoms. The van der Waals surface area contributed by atoms with Gasteiger partial charge < -0.3 is 10.2 Å². The molecule has 0 unspecified atom stereocenters. The second kappa shape index (κ2) is 8.61.